The van der Waals surface area contributed by atoms with Gasteiger partial charge in [0, 0.05) is 18.0 Å². The van der Waals surface area contributed by atoms with E-state index in [-0.39, 0.29) is 16.8 Å². The van der Waals surface area contributed by atoms with Gasteiger partial charge in [0.05, 0.1) is 22.5 Å². The average molecular weight is 431 g/mol. The Hall–Kier alpha value is -3.62. The monoisotopic (exact) mass is 431 g/mol. The molecular formula is C22H17F4N3O2. The van der Waals surface area contributed by atoms with Crippen LogP contribution in [-0.4, -0.2) is 17.1 Å². The highest BCUT2D eigenvalue weighted by molar-refractivity contribution is 6.13. The first kappa shape index (κ1) is 20.6. The number of pyridine rings is 1. The number of alkyl halides is 3. The fraction of sp³-hybridized carbons (Fsp3) is 0.182. The van der Waals surface area contributed by atoms with Crippen LogP contribution in [-0.2, 0) is 6.18 Å². The molecule has 0 unspecified atom stereocenters. The van der Waals surface area contributed by atoms with Crippen LogP contribution in [0.15, 0.2) is 59.5 Å². The standard InChI is InChI=1S/C22H17F4N3O2/c1-12-9-15(23)4-7-18(12)29-13(2)28(16-5-8-20(30)27-11-16)21(31)17-6-3-14(10-19(17)29)22(24,25)26/h3-11,13H,1-2H3,(H,27,30)/t13-/m0/s1. The Labute approximate surface area is 174 Å². The van der Waals surface area contributed by atoms with Crippen molar-refractivity contribution in [3.05, 3.63) is 87.6 Å². The fourth-order valence-electron chi connectivity index (χ4n) is 3.81. The highest BCUT2D eigenvalue weighted by atomic mass is 19.4. The van der Waals surface area contributed by atoms with Crippen molar-refractivity contribution in [3.63, 3.8) is 0 Å². The smallest absolute Gasteiger partial charge is 0.327 e. The second kappa shape index (κ2) is 7.26. The Morgan fingerprint density at radius 3 is 2.29 bits per heavy atom. The van der Waals surface area contributed by atoms with Crippen LogP contribution in [0.1, 0.15) is 28.4 Å². The van der Waals surface area contributed by atoms with Crippen molar-refractivity contribution in [2.45, 2.75) is 26.2 Å². The molecule has 0 bridgehead atoms. The quantitative estimate of drug-likeness (QED) is 0.582. The van der Waals surface area contributed by atoms with Gasteiger partial charge < -0.3 is 9.88 Å². The summed E-state index contributed by atoms with van der Waals surface area (Å²) >= 11 is 0. The lowest BCUT2D eigenvalue weighted by Crippen LogP contribution is -2.52. The maximum Gasteiger partial charge on any atom is 0.416 e. The molecule has 0 saturated carbocycles. The molecule has 0 aliphatic carbocycles. The largest absolute Gasteiger partial charge is 0.416 e. The normalized spacial score (nSPS) is 16.5. The minimum atomic E-state index is -4.60. The molecule has 1 atom stereocenters. The number of aromatic amines is 1. The van der Waals surface area contributed by atoms with E-state index >= 15 is 0 Å². The summed E-state index contributed by atoms with van der Waals surface area (Å²) in [6.45, 7) is 3.29. The van der Waals surface area contributed by atoms with Crippen LogP contribution in [0.2, 0.25) is 0 Å². The third-order valence-electron chi connectivity index (χ3n) is 5.25. The molecular weight excluding hydrogens is 414 g/mol. The molecule has 5 nitrogen and oxygen atoms in total. The fourth-order valence-corrected chi connectivity index (χ4v) is 3.81. The van der Waals surface area contributed by atoms with Gasteiger partial charge in [0.2, 0.25) is 5.56 Å². The number of nitrogens with one attached hydrogen (secondary N) is 1. The zero-order valence-corrected chi connectivity index (χ0v) is 16.5. The van der Waals surface area contributed by atoms with Gasteiger partial charge >= 0.3 is 6.18 Å². The second-order valence-corrected chi connectivity index (χ2v) is 7.25. The molecule has 9 heteroatoms. The maximum absolute atomic E-state index is 13.7. The highest BCUT2D eigenvalue weighted by Crippen LogP contribution is 2.42. The van der Waals surface area contributed by atoms with Crippen molar-refractivity contribution < 1.29 is 22.4 Å². The topological polar surface area (TPSA) is 56.4 Å². The lowest BCUT2D eigenvalue weighted by atomic mass is 10.00. The lowest BCUT2D eigenvalue weighted by Gasteiger charge is -2.44. The second-order valence-electron chi connectivity index (χ2n) is 7.25. The van der Waals surface area contributed by atoms with Gasteiger partial charge in [0.25, 0.3) is 5.91 Å². The van der Waals surface area contributed by atoms with Crippen LogP contribution < -0.4 is 15.4 Å². The van der Waals surface area contributed by atoms with E-state index in [1.807, 2.05) is 0 Å². The number of H-pyrrole nitrogens is 1. The molecule has 4 rings (SSSR count). The summed E-state index contributed by atoms with van der Waals surface area (Å²) in [5.74, 6) is -0.997. The Morgan fingerprint density at radius 2 is 1.68 bits per heavy atom. The number of hydrogen-bond acceptors (Lipinski definition) is 3. The van der Waals surface area contributed by atoms with Crippen LogP contribution in [0.5, 0.6) is 0 Å². The zero-order chi connectivity index (χ0) is 22.5. The molecule has 1 aliphatic rings. The van der Waals surface area contributed by atoms with E-state index in [0.717, 1.165) is 18.2 Å². The van der Waals surface area contributed by atoms with Gasteiger partial charge in [-0.25, -0.2) is 4.39 Å². The number of benzene rings is 2. The molecule has 0 spiro atoms. The van der Waals surface area contributed by atoms with Crippen LogP contribution in [0, 0.1) is 12.7 Å². The van der Waals surface area contributed by atoms with Crippen molar-refractivity contribution in [1.82, 2.24) is 4.98 Å². The SMILES string of the molecule is Cc1cc(F)ccc1N1c2cc(C(F)(F)F)ccc2C(=O)N(c2ccc(=O)[nH]c2)[C@@H]1C. The molecule has 2 heterocycles. The number of carbonyl (C=O) groups is 1. The number of halogens is 4. The number of anilines is 3. The van der Waals surface area contributed by atoms with Gasteiger partial charge in [-0.3, -0.25) is 14.5 Å². The van der Waals surface area contributed by atoms with E-state index < -0.39 is 29.6 Å². The van der Waals surface area contributed by atoms with Gasteiger partial charge in [-0.1, -0.05) is 0 Å². The summed E-state index contributed by atoms with van der Waals surface area (Å²) in [5, 5.41) is 0. The minimum absolute atomic E-state index is 0.0565. The molecule has 1 amide bonds. The third kappa shape index (κ3) is 3.56. The molecule has 31 heavy (non-hydrogen) atoms. The molecule has 0 saturated heterocycles. The highest BCUT2D eigenvalue weighted by Gasteiger charge is 2.40. The molecule has 0 radical (unpaired) electrons. The first-order valence-corrected chi connectivity index (χ1v) is 9.37. The minimum Gasteiger partial charge on any atom is -0.327 e. The van der Waals surface area contributed by atoms with Crippen LogP contribution >= 0.6 is 0 Å². The summed E-state index contributed by atoms with van der Waals surface area (Å²) in [6.07, 6.45) is -4.00. The number of aromatic nitrogens is 1. The first-order chi connectivity index (χ1) is 14.6. The van der Waals surface area contributed by atoms with E-state index in [0.29, 0.717) is 16.9 Å². The van der Waals surface area contributed by atoms with Crippen LogP contribution in [0.3, 0.4) is 0 Å². The van der Waals surface area contributed by atoms with Crippen molar-refractivity contribution >= 4 is 23.0 Å². The number of aryl methyl sites for hydroxylation is 1. The molecule has 0 fully saturated rings. The zero-order valence-electron chi connectivity index (χ0n) is 16.5. The molecule has 2 aromatic carbocycles. The Morgan fingerprint density at radius 1 is 0.935 bits per heavy atom. The summed E-state index contributed by atoms with van der Waals surface area (Å²) in [7, 11) is 0. The maximum atomic E-state index is 13.7. The number of amides is 1. The lowest BCUT2D eigenvalue weighted by molar-refractivity contribution is -0.137. The van der Waals surface area contributed by atoms with Crippen molar-refractivity contribution in [2.75, 3.05) is 9.80 Å². The first-order valence-electron chi connectivity index (χ1n) is 9.37. The molecule has 1 N–H and O–H groups in total. The summed E-state index contributed by atoms with van der Waals surface area (Å²) in [4.78, 5) is 30.1. The van der Waals surface area contributed by atoms with E-state index in [1.165, 1.54) is 41.4 Å². The van der Waals surface area contributed by atoms with Gasteiger partial charge in [-0.2, -0.15) is 13.2 Å². The summed E-state index contributed by atoms with van der Waals surface area (Å²) in [5.41, 5.74) is 0.189. The number of fused-ring (bicyclic) bond motifs is 1. The van der Waals surface area contributed by atoms with E-state index in [1.54, 1.807) is 18.7 Å². The number of carbonyl (C=O) groups excluding carboxylic acids is 1. The van der Waals surface area contributed by atoms with Gasteiger partial charge in [0.1, 0.15) is 12.0 Å². The van der Waals surface area contributed by atoms with Crippen molar-refractivity contribution in [2.24, 2.45) is 0 Å². The van der Waals surface area contributed by atoms with Gasteiger partial charge in [-0.15, -0.1) is 0 Å². The Balaban J connectivity index is 1.96. The summed E-state index contributed by atoms with van der Waals surface area (Å²) < 4.78 is 53.9. The average Bonchev–Trinajstić information content (AvgIpc) is 2.70. The van der Waals surface area contributed by atoms with Gasteiger partial charge in [-0.05, 0) is 61.9 Å². The van der Waals surface area contributed by atoms with Gasteiger partial charge in [0.15, 0.2) is 0 Å². The van der Waals surface area contributed by atoms with E-state index in [4.69, 9.17) is 0 Å². The van der Waals surface area contributed by atoms with Crippen LogP contribution in [0.4, 0.5) is 34.6 Å². The predicted molar refractivity (Wildman–Crippen MR) is 108 cm³/mol. The Kier molecular flexibility index (Phi) is 4.83. The van der Waals surface area contributed by atoms with E-state index in [2.05, 4.69) is 4.98 Å². The molecule has 1 aliphatic heterocycles. The summed E-state index contributed by atoms with van der Waals surface area (Å²) in [6, 6.07) is 9.58. The van der Waals surface area contributed by atoms with E-state index in [9.17, 15) is 27.2 Å². The number of hydrogen-bond donors (Lipinski definition) is 1. The van der Waals surface area contributed by atoms with Crippen LogP contribution in [0.25, 0.3) is 0 Å². The van der Waals surface area contributed by atoms with Crippen molar-refractivity contribution in [1.29, 1.82) is 0 Å². The third-order valence-corrected chi connectivity index (χ3v) is 5.25. The van der Waals surface area contributed by atoms with Crippen molar-refractivity contribution in [3.8, 4) is 0 Å². The molecule has 160 valence electrons. The molecule has 1 aromatic heterocycles. The predicted octanol–water partition coefficient (Wildman–Crippen LogP) is 4.99. The number of rotatable bonds is 2. The Bertz CT molecular complexity index is 1220. The number of nitrogens with zero attached hydrogens (tertiary/aromatic N) is 2. The molecule has 3 aromatic rings.